The summed E-state index contributed by atoms with van der Waals surface area (Å²) in [4.78, 5) is 14.2. The summed E-state index contributed by atoms with van der Waals surface area (Å²) in [5, 5.41) is 9.47. The van der Waals surface area contributed by atoms with Crippen LogP contribution in [-0.4, -0.2) is 28.5 Å². The second-order valence-electron chi connectivity index (χ2n) is 6.33. The van der Waals surface area contributed by atoms with E-state index in [1.807, 2.05) is 33.8 Å². The molecule has 4 nitrogen and oxygen atoms in total. The molecule has 2 rings (SSSR count). The molecule has 0 radical (unpaired) electrons. The van der Waals surface area contributed by atoms with E-state index in [1.54, 1.807) is 11.0 Å². The van der Waals surface area contributed by atoms with E-state index in [9.17, 15) is 10.1 Å². The van der Waals surface area contributed by atoms with Crippen molar-refractivity contribution in [2.24, 2.45) is 0 Å². The van der Waals surface area contributed by atoms with Crippen LogP contribution in [0.3, 0.4) is 0 Å². The van der Waals surface area contributed by atoms with E-state index in [-0.39, 0.29) is 11.5 Å². The first-order valence-electron chi connectivity index (χ1n) is 9.16. The van der Waals surface area contributed by atoms with Crippen molar-refractivity contribution in [2.75, 3.05) is 13.1 Å². The van der Waals surface area contributed by atoms with E-state index in [0.717, 1.165) is 29.1 Å². The van der Waals surface area contributed by atoms with Crippen LogP contribution in [-0.2, 0) is 11.2 Å². The first kappa shape index (κ1) is 19.5. The number of rotatable bonds is 6. The van der Waals surface area contributed by atoms with Gasteiger partial charge in [-0.05, 0) is 69.5 Å². The quantitative estimate of drug-likeness (QED) is 0.572. The lowest BCUT2D eigenvalue weighted by atomic mass is 10.1. The van der Waals surface area contributed by atoms with E-state index < -0.39 is 0 Å². The predicted molar refractivity (Wildman–Crippen MR) is 106 cm³/mol. The van der Waals surface area contributed by atoms with Gasteiger partial charge in [-0.3, -0.25) is 4.79 Å². The highest BCUT2D eigenvalue weighted by Gasteiger charge is 2.17. The number of amides is 1. The van der Waals surface area contributed by atoms with E-state index in [1.165, 1.54) is 5.56 Å². The number of hydrogen-bond donors (Lipinski definition) is 0. The average molecular weight is 349 g/mol. The van der Waals surface area contributed by atoms with Crippen LogP contribution in [0.2, 0.25) is 0 Å². The normalized spacial score (nSPS) is 11.3. The molecule has 2 aromatic rings. The number of aromatic nitrogens is 1. The fraction of sp³-hybridized carbons (Fsp3) is 0.364. The number of carbonyl (C=O) groups excluding carboxylic acids is 1. The van der Waals surface area contributed by atoms with Crippen molar-refractivity contribution in [1.29, 1.82) is 5.26 Å². The van der Waals surface area contributed by atoms with Gasteiger partial charge in [0.25, 0.3) is 5.91 Å². The number of hydrogen-bond acceptors (Lipinski definition) is 2. The first-order valence-corrected chi connectivity index (χ1v) is 9.16. The molecule has 0 spiro atoms. The summed E-state index contributed by atoms with van der Waals surface area (Å²) in [6.45, 7) is 11.2. The minimum atomic E-state index is -0.213. The third-order valence-electron chi connectivity index (χ3n) is 4.77. The maximum atomic E-state index is 12.5. The van der Waals surface area contributed by atoms with Gasteiger partial charge in [0.05, 0.1) is 0 Å². The Bertz CT molecular complexity index is 847. The van der Waals surface area contributed by atoms with Gasteiger partial charge >= 0.3 is 0 Å². The number of benzene rings is 1. The second kappa shape index (κ2) is 8.53. The van der Waals surface area contributed by atoms with Gasteiger partial charge in [-0.15, -0.1) is 0 Å². The van der Waals surface area contributed by atoms with Gasteiger partial charge in [-0.1, -0.05) is 19.1 Å². The molecule has 0 saturated carbocycles. The van der Waals surface area contributed by atoms with Crippen molar-refractivity contribution < 1.29 is 4.79 Å². The highest BCUT2D eigenvalue weighted by atomic mass is 16.2. The minimum absolute atomic E-state index is 0.176. The molecule has 0 bridgehead atoms. The van der Waals surface area contributed by atoms with Crippen molar-refractivity contribution in [2.45, 2.75) is 41.0 Å². The Balaban J connectivity index is 2.45. The standard InChI is InChI=1S/C22H27N3O/c1-6-18-9-11-21(12-10-18)25-16(4)13-19(17(25)5)14-20(15-23)22(26)24(7-2)8-3/h9-14H,6-8H2,1-5H3/b20-14-. The SMILES string of the molecule is CCc1ccc(-n2c(C)cc(/C=C(/C#N)C(=O)N(CC)CC)c2C)cc1. The van der Waals surface area contributed by atoms with Crippen molar-refractivity contribution in [3.63, 3.8) is 0 Å². The van der Waals surface area contributed by atoms with Gasteiger partial charge in [0.15, 0.2) is 0 Å². The molecule has 0 atom stereocenters. The zero-order valence-electron chi connectivity index (χ0n) is 16.3. The van der Waals surface area contributed by atoms with Crippen molar-refractivity contribution in [1.82, 2.24) is 9.47 Å². The van der Waals surface area contributed by atoms with Crippen LogP contribution in [0.15, 0.2) is 35.9 Å². The maximum absolute atomic E-state index is 12.5. The highest BCUT2D eigenvalue weighted by molar-refractivity contribution is 6.01. The van der Waals surface area contributed by atoms with Crippen LogP contribution >= 0.6 is 0 Å². The van der Waals surface area contributed by atoms with Gasteiger partial charge in [-0.2, -0.15) is 5.26 Å². The fourth-order valence-corrected chi connectivity index (χ4v) is 3.19. The van der Waals surface area contributed by atoms with Crippen molar-refractivity contribution >= 4 is 12.0 Å². The Kier molecular flexibility index (Phi) is 6.41. The minimum Gasteiger partial charge on any atom is -0.339 e. The van der Waals surface area contributed by atoms with E-state index in [4.69, 9.17) is 0 Å². The molecule has 26 heavy (non-hydrogen) atoms. The average Bonchev–Trinajstić information content (AvgIpc) is 2.94. The van der Waals surface area contributed by atoms with Crippen LogP contribution < -0.4 is 0 Å². The van der Waals surface area contributed by atoms with Crippen LogP contribution in [0.25, 0.3) is 11.8 Å². The van der Waals surface area contributed by atoms with Crippen LogP contribution in [0, 0.1) is 25.2 Å². The molecule has 4 heteroatoms. The Morgan fingerprint density at radius 2 is 1.77 bits per heavy atom. The number of likely N-dealkylation sites (N-methyl/N-ethyl adjacent to an activating group) is 1. The number of carbonyl (C=O) groups is 1. The number of nitriles is 1. The fourth-order valence-electron chi connectivity index (χ4n) is 3.19. The highest BCUT2D eigenvalue weighted by Crippen LogP contribution is 2.23. The van der Waals surface area contributed by atoms with Gasteiger partial charge in [-0.25, -0.2) is 0 Å². The number of aryl methyl sites for hydroxylation is 2. The molecule has 136 valence electrons. The van der Waals surface area contributed by atoms with Crippen molar-refractivity contribution in [3.8, 4) is 11.8 Å². The molecule has 0 aliphatic heterocycles. The Labute approximate surface area is 156 Å². The molecular weight excluding hydrogens is 322 g/mol. The maximum Gasteiger partial charge on any atom is 0.264 e. The molecule has 1 amide bonds. The molecule has 0 aliphatic carbocycles. The summed E-state index contributed by atoms with van der Waals surface area (Å²) in [6, 6.07) is 12.6. The summed E-state index contributed by atoms with van der Waals surface area (Å²) in [5.41, 5.74) is 5.56. The number of nitrogens with zero attached hydrogens (tertiary/aromatic N) is 3. The van der Waals surface area contributed by atoms with Crippen LogP contribution in [0.1, 0.15) is 43.3 Å². The largest absolute Gasteiger partial charge is 0.339 e. The van der Waals surface area contributed by atoms with Gasteiger partial charge in [0, 0.05) is 30.2 Å². The molecule has 1 heterocycles. The lowest BCUT2D eigenvalue weighted by Crippen LogP contribution is -2.31. The van der Waals surface area contributed by atoms with E-state index in [0.29, 0.717) is 13.1 Å². The molecule has 1 aromatic heterocycles. The second-order valence-corrected chi connectivity index (χ2v) is 6.33. The Morgan fingerprint density at radius 1 is 1.15 bits per heavy atom. The van der Waals surface area contributed by atoms with Gasteiger partial charge < -0.3 is 9.47 Å². The zero-order valence-corrected chi connectivity index (χ0v) is 16.3. The van der Waals surface area contributed by atoms with Crippen molar-refractivity contribution in [3.05, 3.63) is 58.4 Å². The summed E-state index contributed by atoms with van der Waals surface area (Å²) in [7, 11) is 0. The molecule has 1 aromatic carbocycles. The monoisotopic (exact) mass is 349 g/mol. The predicted octanol–water partition coefficient (Wildman–Crippen LogP) is 4.43. The summed E-state index contributed by atoms with van der Waals surface area (Å²) < 4.78 is 2.15. The lowest BCUT2D eigenvalue weighted by Gasteiger charge is -2.17. The topological polar surface area (TPSA) is 49.0 Å². The summed E-state index contributed by atoms with van der Waals surface area (Å²) >= 11 is 0. The molecule has 0 N–H and O–H groups in total. The van der Waals surface area contributed by atoms with Crippen LogP contribution in [0.4, 0.5) is 0 Å². The lowest BCUT2D eigenvalue weighted by molar-refractivity contribution is -0.126. The summed E-state index contributed by atoms with van der Waals surface area (Å²) in [6.07, 6.45) is 2.72. The molecular formula is C22H27N3O. The summed E-state index contributed by atoms with van der Waals surface area (Å²) in [5.74, 6) is -0.213. The Hall–Kier alpha value is -2.80. The van der Waals surface area contributed by atoms with Crippen LogP contribution in [0.5, 0.6) is 0 Å². The molecule has 0 aliphatic rings. The van der Waals surface area contributed by atoms with E-state index in [2.05, 4.69) is 41.8 Å². The zero-order chi connectivity index (χ0) is 19.3. The van der Waals surface area contributed by atoms with Gasteiger partial charge in [0.2, 0.25) is 0 Å². The molecule has 0 saturated heterocycles. The molecule has 0 fully saturated rings. The third-order valence-corrected chi connectivity index (χ3v) is 4.77. The Morgan fingerprint density at radius 3 is 2.27 bits per heavy atom. The molecule has 0 unspecified atom stereocenters. The third kappa shape index (κ3) is 3.88. The van der Waals surface area contributed by atoms with E-state index >= 15 is 0 Å². The van der Waals surface area contributed by atoms with Gasteiger partial charge in [0.1, 0.15) is 11.6 Å². The first-order chi connectivity index (χ1) is 12.5. The smallest absolute Gasteiger partial charge is 0.264 e.